The number of aromatic amines is 1. The van der Waals surface area contributed by atoms with Gasteiger partial charge in [-0.25, -0.2) is 0 Å². The van der Waals surface area contributed by atoms with Crippen LogP contribution in [0, 0.1) is 6.92 Å². The van der Waals surface area contributed by atoms with Crippen LogP contribution in [0.5, 0.6) is 0 Å². The first-order valence-corrected chi connectivity index (χ1v) is 6.73. The molecule has 1 saturated heterocycles. The largest absolute Gasteiger partial charge is 0.365 e. The van der Waals surface area contributed by atoms with Crippen molar-refractivity contribution in [3.8, 4) is 0 Å². The van der Waals surface area contributed by atoms with Crippen LogP contribution in [-0.4, -0.2) is 29.5 Å². The van der Waals surface area contributed by atoms with Gasteiger partial charge in [0.25, 0.3) is 0 Å². The molecule has 88 valence electrons. The van der Waals surface area contributed by atoms with Crippen molar-refractivity contribution in [3.63, 3.8) is 0 Å². The van der Waals surface area contributed by atoms with Crippen LogP contribution in [0.4, 0.5) is 0 Å². The third-order valence-electron chi connectivity index (χ3n) is 4.14. The lowest BCUT2D eigenvalue weighted by molar-refractivity contribution is 0.343. The second kappa shape index (κ2) is 4.25. The molecule has 16 heavy (non-hydrogen) atoms. The summed E-state index contributed by atoms with van der Waals surface area (Å²) in [7, 11) is 0. The zero-order valence-corrected chi connectivity index (χ0v) is 10.3. The highest BCUT2D eigenvalue weighted by atomic mass is 15.1. The van der Waals surface area contributed by atoms with Gasteiger partial charge in [-0.2, -0.15) is 0 Å². The molecule has 0 bridgehead atoms. The predicted molar refractivity (Wildman–Crippen MR) is 66.9 cm³/mol. The fourth-order valence-corrected chi connectivity index (χ4v) is 2.94. The standard InChI is InChI=1S/C14H22N2/c1-11-13(6-9-16-7-2-3-8-16)14(10-15-11)12-4-5-12/h10,12,15H,2-9H2,1H3. The van der Waals surface area contributed by atoms with E-state index in [2.05, 4.69) is 23.0 Å². The van der Waals surface area contributed by atoms with Gasteiger partial charge in [-0.05, 0) is 69.2 Å². The van der Waals surface area contributed by atoms with E-state index in [-0.39, 0.29) is 0 Å². The van der Waals surface area contributed by atoms with E-state index in [1.54, 1.807) is 11.1 Å². The van der Waals surface area contributed by atoms with Crippen molar-refractivity contribution in [1.29, 1.82) is 0 Å². The van der Waals surface area contributed by atoms with E-state index in [1.165, 1.54) is 57.4 Å². The zero-order chi connectivity index (χ0) is 11.0. The molecule has 1 N–H and O–H groups in total. The monoisotopic (exact) mass is 218 g/mol. The van der Waals surface area contributed by atoms with Crippen LogP contribution in [-0.2, 0) is 6.42 Å². The van der Waals surface area contributed by atoms with Gasteiger partial charge in [-0.1, -0.05) is 0 Å². The minimum atomic E-state index is 0.888. The highest BCUT2D eigenvalue weighted by Gasteiger charge is 2.27. The molecule has 1 aliphatic carbocycles. The Labute approximate surface area is 98.0 Å². The maximum Gasteiger partial charge on any atom is 0.0151 e. The molecule has 1 aliphatic heterocycles. The van der Waals surface area contributed by atoms with Gasteiger partial charge in [0.1, 0.15) is 0 Å². The van der Waals surface area contributed by atoms with Crippen molar-refractivity contribution in [2.24, 2.45) is 0 Å². The Hall–Kier alpha value is -0.760. The van der Waals surface area contributed by atoms with Crippen molar-refractivity contribution < 1.29 is 0 Å². The molecule has 2 heterocycles. The molecular formula is C14H22N2. The molecule has 0 amide bonds. The number of nitrogens with one attached hydrogen (secondary N) is 1. The average molecular weight is 218 g/mol. The van der Waals surface area contributed by atoms with Crippen molar-refractivity contribution in [2.45, 2.75) is 44.9 Å². The van der Waals surface area contributed by atoms with Gasteiger partial charge in [-0.15, -0.1) is 0 Å². The Kier molecular flexibility index (Phi) is 2.76. The minimum Gasteiger partial charge on any atom is -0.365 e. The van der Waals surface area contributed by atoms with Gasteiger partial charge < -0.3 is 9.88 Å². The topological polar surface area (TPSA) is 19.0 Å². The van der Waals surface area contributed by atoms with Crippen molar-refractivity contribution in [1.82, 2.24) is 9.88 Å². The zero-order valence-electron chi connectivity index (χ0n) is 10.3. The molecule has 2 heteroatoms. The fraction of sp³-hybridized carbons (Fsp3) is 0.714. The Bertz CT molecular complexity index is 357. The van der Waals surface area contributed by atoms with Crippen LogP contribution in [0.25, 0.3) is 0 Å². The third-order valence-corrected chi connectivity index (χ3v) is 4.14. The van der Waals surface area contributed by atoms with E-state index in [9.17, 15) is 0 Å². The van der Waals surface area contributed by atoms with Crippen molar-refractivity contribution >= 4 is 0 Å². The quantitative estimate of drug-likeness (QED) is 0.823. The summed E-state index contributed by atoms with van der Waals surface area (Å²) in [6.45, 7) is 6.13. The highest BCUT2D eigenvalue weighted by Crippen LogP contribution is 2.42. The van der Waals surface area contributed by atoms with E-state index in [0.717, 1.165) is 5.92 Å². The summed E-state index contributed by atoms with van der Waals surface area (Å²) in [4.78, 5) is 6.03. The number of hydrogen-bond donors (Lipinski definition) is 1. The van der Waals surface area contributed by atoms with Gasteiger partial charge in [0, 0.05) is 18.4 Å². The molecule has 0 spiro atoms. The maximum atomic E-state index is 3.42. The molecule has 0 unspecified atom stereocenters. The molecule has 2 aliphatic rings. The lowest BCUT2D eigenvalue weighted by atomic mass is 10.0. The summed E-state index contributed by atoms with van der Waals surface area (Å²) in [6.07, 6.45) is 9.14. The van der Waals surface area contributed by atoms with Gasteiger partial charge >= 0.3 is 0 Å². The Morgan fingerprint density at radius 3 is 2.75 bits per heavy atom. The molecule has 1 aromatic heterocycles. The molecule has 2 nitrogen and oxygen atoms in total. The smallest absolute Gasteiger partial charge is 0.0151 e. The van der Waals surface area contributed by atoms with E-state index >= 15 is 0 Å². The summed E-state index contributed by atoms with van der Waals surface area (Å²) < 4.78 is 0. The van der Waals surface area contributed by atoms with E-state index in [1.807, 2.05) is 0 Å². The van der Waals surface area contributed by atoms with Gasteiger partial charge in [0.05, 0.1) is 0 Å². The number of aromatic nitrogens is 1. The number of aryl methyl sites for hydroxylation is 1. The first kappa shape index (κ1) is 10.4. The third kappa shape index (κ3) is 2.03. The molecule has 0 aromatic carbocycles. The van der Waals surface area contributed by atoms with Gasteiger partial charge in [-0.3, -0.25) is 0 Å². The van der Waals surface area contributed by atoms with E-state index in [0.29, 0.717) is 0 Å². The molecule has 0 radical (unpaired) electrons. The molecule has 0 atom stereocenters. The summed E-state index contributed by atoms with van der Waals surface area (Å²) in [5, 5.41) is 0. The van der Waals surface area contributed by atoms with Crippen LogP contribution < -0.4 is 0 Å². The number of nitrogens with zero attached hydrogens (tertiary/aromatic N) is 1. The molecular weight excluding hydrogens is 196 g/mol. The molecule has 1 saturated carbocycles. The van der Waals surface area contributed by atoms with Crippen LogP contribution in [0.1, 0.15) is 48.4 Å². The fourth-order valence-electron chi connectivity index (χ4n) is 2.94. The SMILES string of the molecule is Cc1[nH]cc(C2CC2)c1CCN1CCCC1. The van der Waals surface area contributed by atoms with Gasteiger partial charge in [0.15, 0.2) is 0 Å². The van der Waals surface area contributed by atoms with E-state index < -0.39 is 0 Å². The Balaban J connectivity index is 1.65. The Morgan fingerprint density at radius 2 is 2.06 bits per heavy atom. The predicted octanol–water partition coefficient (Wildman–Crippen LogP) is 2.84. The normalized spacial score (nSPS) is 21.8. The van der Waals surface area contributed by atoms with Crippen LogP contribution in [0.3, 0.4) is 0 Å². The summed E-state index contributed by atoms with van der Waals surface area (Å²) >= 11 is 0. The van der Waals surface area contributed by atoms with E-state index in [4.69, 9.17) is 0 Å². The van der Waals surface area contributed by atoms with Crippen LogP contribution >= 0.6 is 0 Å². The number of H-pyrrole nitrogens is 1. The molecule has 2 fully saturated rings. The lowest BCUT2D eigenvalue weighted by Crippen LogP contribution is -2.22. The van der Waals surface area contributed by atoms with Crippen LogP contribution in [0.2, 0.25) is 0 Å². The maximum absolute atomic E-state index is 3.42. The summed E-state index contributed by atoms with van der Waals surface area (Å²) in [5.41, 5.74) is 4.65. The summed E-state index contributed by atoms with van der Waals surface area (Å²) in [6, 6.07) is 0. The highest BCUT2D eigenvalue weighted by molar-refractivity contribution is 5.35. The second-order valence-electron chi connectivity index (χ2n) is 5.42. The number of hydrogen-bond acceptors (Lipinski definition) is 1. The first-order valence-electron chi connectivity index (χ1n) is 6.73. The van der Waals surface area contributed by atoms with Crippen molar-refractivity contribution in [3.05, 3.63) is 23.0 Å². The van der Waals surface area contributed by atoms with Crippen LogP contribution in [0.15, 0.2) is 6.20 Å². The molecule has 1 aromatic rings. The lowest BCUT2D eigenvalue weighted by Gasteiger charge is -2.15. The molecule has 3 rings (SSSR count). The first-order chi connectivity index (χ1) is 7.84. The second-order valence-corrected chi connectivity index (χ2v) is 5.42. The minimum absolute atomic E-state index is 0.888. The summed E-state index contributed by atoms with van der Waals surface area (Å²) in [5.74, 6) is 0.888. The number of rotatable bonds is 4. The van der Waals surface area contributed by atoms with Crippen molar-refractivity contribution in [2.75, 3.05) is 19.6 Å². The van der Waals surface area contributed by atoms with Gasteiger partial charge in [0.2, 0.25) is 0 Å². The Morgan fingerprint density at radius 1 is 1.31 bits per heavy atom. The number of likely N-dealkylation sites (tertiary alicyclic amines) is 1. The average Bonchev–Trinajstić information content (AvgIpc) is 2.87.